The molecule has 1 amide bonds. The fourth-order valence-electron chi connectivity index (χ4n) is 2.77. The van der Waals surface area contributed by atoms with Crippen LogP contribution in [0.4, 0.5) is 9.52 Å². The molecule has 0 saturated heterocycles. The molecule has 0 spiro atoms. The molecule has 0 aliphatic rings. The van der Waals surface area contributed by atoms with Crippen molar-refractivity contribution in [1.82, 2.24) is 25.0 Å². The van der Waals surface area contributed by atoms with E-state index >= 15 is 0 Å². The minimum atomic E-state index is -0.441. The number of thiazole rings is 1. The van der Waals surface area contributed by atoms with Crippen LogP contribution in [-0.2, 0) is 0 Å². The first-order chi connectivity index (χ1) is 13.5. The molecule has 140 valence electrons. The van der Waals surface area contributed by atoms with Crippen molar-refractivity contribution in [2.24, 2.45) is 0 Å². The fourth-order valence-corrected chi connectivity index (χ4v) is 3.47. The molecule has 1 aromatic carbocycles. The second kappa shape index (κ2) is 7.28. The quantitative estimate of drug-likeness (QED) is 0.569. The molecule has 9 heteroatoms. The van der Waals surface area contributed by atoms with Gasteiger partial charge in [0.1, 0.15) is 11.5 Å². The van der Waals surface area contributed by atoms with Crippen molar-refractivity contribution in [2.75, 3.05) is 5.32 Å². The van der Waals surface area contributed by atoms with Gasteiger partial charge in [-0.1, -0.05) is 11.3 Å². The van der Waals surface area contributed by atoms with E-state index in [2.05, 4.69) is 25.6 Å². The number of amides is 1. The molecule has 3 heterocycles. The number of carbonyl (C=O) groups is 1. The SMILES string of the molecule is Cc1cc(C)nc(-c2csc(NC(=O)c3cnnn3-c3cccc(F)c3)n2)c1. The molecule has 0 atom stereocenters. The number of hydrogen-bond acceptors (Lipinski definition) is 6. The van der Waals surface area contributed by atoms with Crippen molar-refractivity contribution < 1.29 is 9.18 Å². The van der Waals surface area contributed by atoms with Gasteiger partial charge in [-0.3, -0.25) is 15.1 Å². The third-order valence-electron chi connectivity index (χ3n) is 3.92. The summed E-state index contributed by atoms with van der Waals surface area (Å²) in [4.78, 5) is 21.6. The average Bonchev–Trinajstić information content (AvgIpc) is 3.30. The number of rotatable bonds is 4. The Labute approximate surface area is 163 Å². The Morgan fingerprint density at radius 3 is 2.79 bits per heavy atom. The second-order valence-electron chi connectivity index (χ2n) is 6.17. The maximum Gasteiger partial charge on any atom is 0.277 e. The summed E-state index contributed by atoms with van der Waals surface area (Å²) < 4.78 is 14.8. The zero-order valence-electron chi connectivity index (χ0n) is 15.0. The van der Waals surface area contributed by atoms with Crippen molar-refractivity contribution in [3.8, 4) is 17.1 Å². The minimum Gasteiger partial charge on any atom is -0.296 e. The predicted octanol–water partition coefficient (Wildman–Crippen LogP) is 3.79. The van der Waals surface area contributed by atoms with E-state index in [1.54, 1.807) is 6.07 Å². The molecular weight excluding hydrogens is 379 g/mol. The van der Waals surface area contributed by atoms with Crippen LogP contribution < -0.4 is 5.32 Å². The molecule has 0 fully saturated rings. The molecule has 3 aromatic heterocycles. The summed E-state index contributed by atoms with van der Waals surface area (Å²) in [6.07, 6.45) is 1.32. The normalized spacial score (nSPS) is 10.8. The van der Waals surface area contributed by atoms with Crippen LogP contribution in [0.25, 0.3) is 17.1 Å². The van der Waals surface area contributed by atoms with Crippen LogP contribution in [-0.4, -0.2) is 30.9 Å². The lowest BCUT2D eigenvalue weighted by molar-refractivity contribution is 0.101. The summed E-state index contributed by atoms with van der Waals surface area (Å²) in [7, 11) is 0. The number of halogens is 1. The standard InChI is InChI=1S/C19H15FN6OS/c1-11-6-12(2)22-15(7-11)16-10-28-19(23-16)24-18(27)17-9-21-25-26(17)14-5-3-4-13(20)8-14/h3-10H,1-2H3,(H,23,24,27). The monoisotopic (exact) mass is 394 g/mol. The summed E-state index contributed by atoms with van der Waals surface area (Å²) in [5, 5.41) is 12.6. The van der Waals surface area contributed by atoms with Gasteiger partial charge in [-0.2, -0.15) is 0 Å². The van der Waals surface area contributed by atoms with E-state index in [1.165, 1.54) is 40.4 Å². The first-order valence-corrected chi connectivity index (χ1v) is 9.27. The van der Waals surface area contributed by atoms with Crippen LogP contribution >= 0.6 is 11.3 Å². The molecule has 0 aliphatic carbocycles. The van der Waals surface area contributed by atoms with E-state index in [0.717, 1.165) is 17.0 Å². The molecule has 1 N–H and O–H groups in total. The molecule has 4 rings (SSSR count). The van der Waals surface area contributed by atoms with E-state index in [9.17, 15) is 9.18 Å². The highest BCUT2D eigenvalue weighted by molar-refractivity contribution is 7.14. The van der Waals surface area contributed by atoms with Gasteiger partial charge in [0.25, 0.3) is 5.91 Å². The highest BCUT2D eigenvalue weighted by atomic mass is 32.1. The number of hydrogen-bond donors (Lipinski definition) is 1. The molecule has 0 unspecified atom stereocenters. The molecule has 7 nitrogen and oxygen atoms in total. The summed E-state index contributed by atoms with van der Waals surface area (Å²) in [5.74, 6) is -0.867. The largest absolute Gasteiger partial charge is 0.296 e. The topological polar surface area (TPSA) is 85.6 Å². The zero-order chi connectivity index (χ0) is 19.7. The smallest absolute Gasteiger partial charge is 0.277 e. The van der Waals surface area contributed by atoms with Crippen LogP contribution in [0.5, 0.6) is 0 Å². The van der Waals surface area contributed by atoms with Crippen molar-refractivity contribution in [1.29, 1.82) is 0 Å². The first kappa shape index (κ1) is 17.9. The molecule has 0 bridgehead atoms. The Bertz CT molecular complexity index is 1150. The number of aryl methyl sites for hydroxylation is 2. The van der Waals surface area contributed by atoms with E-state index in [-0.39, 0.29) is 5.69 Å². The van der Waals surface area contributed by atoms with E-state index in [0.29, 0.717) is 16.5 Å². The van der Waals surface area contributed by atoms with Gasteiger partial charge in [0.05, 0.1) is 17.6 Å². The van der Waals surface area contributed by atoms with Gasteiger partial charge in [-0.05, 0) is 49.7 Å². The van der Waals surface area contributed by atoms with Gasteiger partial charge in [-0.15, -0.1) is 16.4 Å². The molecule has 28 heavy (non-hydrogen) atoms. The number of carbonyl (C=O) groups excluding carboxylic acids is 1. The van der Waals surface area contributed by atoms with E-state index < -0.39 is 11.7 Å². The Kier molecular flexibility index (Phi) is 4.66. The zero-order valence-corrected chi connectivity index (χ0v) is 15.9. The van der Waals surface area contributed by atoms with Gasteiger partial charge in [0, 0.05) is 11.1 Å². The summed E-state index contributed by atoms with van der Waals surface area (Å²) in [6, 6.07) is 9.70. The van der Waals surface area contributed by atoms with Gasteiger partial charge in [-0.25, -0.2) is 14.1 Å². The third-order valence-corrected chi connectivity index (χ3v) is 4.68. The Balaban J connectivity index is 1.57. The highest BCUT2D eigenvalue weighted by Gasteiger charge is 2.17. The lowest BCUT2D eigenvalue weighted by atomic mass is 10.2. The van der Waals surface area contributed by atoms with Gasteiger partial charge in [0.15, 0.2) is 10.8 Å². The van der Waals surface area contributed by atoms with Crippen molar-refractivity contribution >= 4 is 22.4 Å². The second-order valence-corrected chi connectivity index (χ2v) is 7.03. The van der Waals surface area contributed by atoms with Crippen molar-refractivity contribution in [3.63, 3.8) is 0 Å². The van der Waals surface area contributed by atoms with E-state index in [1.807, 2.05) is 31.4 Å². The minimum absolute atomic E-state index is 0.173. The number of nitrogens with one attached hydrogen (secondary N) is 1. The van der Waals surface area contributed by atoms with E-state index in [4.69, 9.17) is 0 Å². The Hall–Kier alpha value is -3.46. The average molecular weight is 394 g/mol. The van der Waals surface area contributed by atoms with Crippen LogP contribution in [0.3, 0.4) is 0 Å². The molecule has 0 aliphatic heterocycles. The summed E-state index contributed by atoms with van der Waals surface area (Å²) in [6.45, 7) is 3.92. The summed E-state index contributed by atoms with van der Waals surface area (Å²) >= 11 is 1.29. The van der Waals surface area contributed by atoms with Crippen LogP contribution in [0.2, 0.25) is 0 Å². The highest BCUT2D eigenvalue weighted by Crippen LogP contribution is 2.25. The molecular formula is C19H15FN6OS. The molecule has 4 aromatic rings. The lowest BCUT2D eigenvalue weighted by Gasteiger charge is -2.05. The van der Waals surface area contributed by atoms with Gasteiger partial charge in [0.2, 0.25) is 0 Å². The maximum absolute atomic E-state index is 13.5. The first-order valence-electron chi connectivity index (χ1n) is 8.39. The van der Waals surface area contributed by atoms with Crippen molar-refractivity contribution in [3.05, 3.63) is 70.7 Å². The van der Waals surface area contributed by atoms with Crippen LogP contribution in [0.15, 0.2) is 48.0 Å². The van der Waals surface area contributed by atoms with Crippen LogP contribution in [0.1, 0.15) is 21.7 Å². The van der Waals surface area contributed by atoms with Crippen LogP contribution in [0, 0.1) is 19.7 Å². The fraction of sp³-hybridized carbons (Fsp3) is 0.105. The maximum atomic E-state index is 13.5. The van der Waals surface area contributed by atoms with Gasteiger partial charge >= 0.3 is 0 Å². The Morgan fingerprint density at radius 1 is 1.14 bits per heavy atom. The number of pyridine rings is 1. The van der Waals surface area contributed by atoms with Crippen molar-refractivity contribution in [2.45, 2.75) is 13.8 Å². The number of anilines is 1. The van der Waals surface area contributed by atoms with Gasteiger partial charge < -0.3 is 0 Å². The number of aromatic nitrogens is 5. The molecule has 0 saturated carbocycles. The third kappa shape index (κ3) is 3.65. The lowest BCUT2D eigenvalue weighted by Crippen LogP contribution is -2.17. The number of nitrogens with zero attached hydrogens (tertiary/aromatic N) is 5. The summed E-state index contributed by atoms with van der Waals surface area (Å²) in [5.41, 5.74) is 4.00. The number of benzene rings is 1. The molecule has 0 radical (unpaired) electrons. The Morgan fingerprint density at radius 2 is 2.00 bits per heavy atom. The predicted molar refractivity (Wildman–Crippen MR) is 104 cm³/mol.